The summed E-state index contributed by atoms with van der Waals surface area (Å²) >= 11 is 0. The zero-order valence-corrected chi connectivity index (χ0v) is 12.7. The lowest BCUT2D eigenvalue weighted by Crippen LogP contribution is -2.31. The molecule has 1 aliphatic rings. The number of rotatable bonds is 3. The number of nitrogens with two attached hydrogens (primary N) is 1. The van der Waals surface area contributed by atoms with Crippen LogP contribution in [-0.2, 0) is 6.42 Å². The third kappa shape index (κ3) is 3.51. The maximum absolute atomic E-state index is 12.5. The fraction of sp³-hybridized carbons (Fsp3) is 0.222. The number of hydrogen-bond donors (Lipinski definition) is 3. The molecule has 0 heterocycles. The van der Waals surface area contributed by atoms with Crippen molar-refractivity contribution in [2.24, 2.45) is 5.73 Å². The molecule has 0 saturated carbocycles. The minimum absolute atomic E-state index is 0.0280. The van der Waals surface area contributed by atoms with E-state index < -0.39 is 6.03 Å². The number of urea groups is 1. The van der Waals surface area contributed by atoms with Gasteiger partial charge in [0.2, 0.25) is 0 Å². The van der Waals surface area contributed by atoms with E-state index in [1.165, 1.54) is 11.1 Å². The smallest absolute Gasteiger partial charge is 0.316 e. The molecule has 0 saturated heterocycles. The van der Waals surface area contributed by atoms with Gasteiger partial charge in [0.25, 0.3) is 5.91 Å². The second-order valence-electron chi connectivity index (χ2n) is 5.69. The Hall–Kier alpha value is -2.82. The van der Waals surface area contributed by atoms with Gasteiger partial charge in [0.15, 0.2) is 0 Å². The van der Waals surface area contributed by atoms with Crippen LogP contribution in [0.1, 0.15) is 40.4 Å². The number of carbonyl (C=O) groups is 2. The van der Waals surface area contributed by atoms with Crippen molar-refractivity contribution < 1.29 is 9.59 Å². The van der Waals surface area contributed by atoms with Gasteiger partial charge >= 0.3 is 6.03 Å². The maximum atomic E-state index is 12.5. The monoisotopic (exact) mass is 309 g/mol. The summed E-state index contributed by atoms with van der Waals surface area (Å²) in [5, 5.41) is 5.57. The minimum atomic E-state index is -0.649. The van der Waals surface area contributed by atoms with E-state index in [4.69, 9.17) is 5.73 Å². The lowest BCUT2D eigenvalue weighted by atomic mass is 9.87. The van der Waals surface area contributed by atoms with Crippen LogP contribution < -0.4 is 16.4 Å². The standard InChI is InChI=1S/C18H19N3O2/c19-18(23)20-14-8-3-7-13(11-14)17(22)21-16-10-4-6-12-5-1-2-9-15(12)16/h1-3,5,7-9,11,16H,4,6,10H2,(H,21,22)(H3,19,20,23)/t16-/m0/s1. The molecule has 0 aromatic heterocycles. The Morgan fingerprint density at radius 1 is 1.09 bits per heavy atom. The second kappa shape index (κ2) is 6.52. The molecule has 0 aliphatic heterocycles. The normalized spacial score (nSPS) is 16.3. The maximum Gasteiger partial charge on any atom is 0.316 e. The van der Waals surface area contributed by atoms with Gasteiger partial charge in [0, 0.05) is 11.3 Å². The fourth-order valence-electron chi connectivity index (χ4n) is 3.03. The first-order chi connectivity index (χ1) is 11.1. The van der Waals surface area contributed by atoms with E-state index in [0.29, 0.717) is 11.3 Å². The highest BCUT2D eigenvalue weighted by Crippen LogP contribution is 2.29. The van der Waals surface area contributed by atoms with Crippen molar-refractivity contribution in [1.29, 1.82) is 0 Å². The number of fused-ring (bicyclic) bond motifs is 1. The van der Waals surface area contributed by atoms with Gasteiger partial charge in [0.1, 0.15) is 0 Å². The van der Waals surface area contributed by atoms with Crippen LogP contribution in [0.25, 0.3) is 0 Å². The molecule has 118 valence electrons. The number of primary amides is 1. The molecule has 3 amide bonds. The van der Waals surface area contributed by atoms with Gasteiger partial charge in [-0.3, -0.25) is 4.79 Å². The van der Waals surface area contributed by atoms with Crippen LogP contribution in [0.5, 0.6) is 0 Å². The van der Waals surface area contributed by atoms with Crippen molar-refractivity contribution in [1.82, 2.24) is 5.32 Å². The summed E-state index contributed by atoms with van der Waals surface area (Å²) in [4.78, 5) is 23.4. The Labute approximate surface area is 134 Å². The molecule has 0 spiro atoms. The lowest BCUT2D eigenvalue weighted by Gasteiger charge is -2.26. The predicted molar refractivity (Wildman–Crippen MR) is 89.2 cm³/mol. The van der Waals surface area contributed by atoms with E-state index in [0.717, 1.165) is 19.3 Å². The van der Waals surface area contributed by atoms with Crippen molar-refractivity contribution >= 4 is 17.6 Å². The van der Waals surface area contributed by atoms with Crippen LogP contribution in [0.2, 0.25) is 0 Å². The molecule has 1 aliphatic carbocycles. The van der Waals surface area contributed by atoms with Crippen LogP contribution in [0.15, 0.2) is 48.5 Å². The molecule has 4 N–H and O–H groups in total. The van der Waals surface area contributed by atoms with Crippen molar-refractivity contribution in [3.63, 3.8) is 0 Å². The number of hydrogen-bond acceptors (Lipinski definition) is 2. The van der Waals surface area contributed by atoms with E-state index in [1.807, 2.05) is 12.1 Å². The molecule has 0 unspecified atom stereocenters. The van der Waals surface area contributed by atoms with E-state index in [1.54, 1.807) is 24.3 Å². The van der Waals surface area contributed by atoms with Crippen LogP contribution in [-0.4, -0.2) is 11.9 Å². The van der Waals surface area contributed by atoms with Gasteiger partial charge in [-0.15, -0.1) is 0 Å². The van der Waals surface area contributed by atoms with Crippen molar-refractivity contribution in [3.8, 4) is 0 Å². The van der Waals surface area contributed by atoms with Gasteiger partial charge in [-0.2, -0.15) is 0 Å². The highest BCUT2D eigenvalue weighted by Gasteiger charge is 2.21. The SMILES string of the molecule is NC(=O)Nc1cccc(C(=O)N[C@H]2CCCc3ccccc32)c1. The highest BCUT2D eigenvalue weighted by atomic mass is 16.2. The Morgan fingerprint density at radius 3 is 2.74 bits per heavy atom. The first-order valence-electron chi connectivity index (χ1n) is 7.68. The Balaban J connectivity index is 1.76. The van der Waals surface area contributed by atoms with Crippen LogP contribution in [0, 0.1) is 0 Å². The summed E-state index contributed by atoms with van der Waals surface area (Å²) in [6.07, 6.45) is 3.05. The van der Waals surface area contributed by atoms with Crippen molar-refractivity contribution in [2.75, 3.05) is 5.32 Å². The number of anilines is 1. The quantitative estimate of drug-likeness (QED) is 0.814. The average Bonchev–Trinajstić information content (AvgIpc) is 2.55. The number of aryl methyl sites for hydroxylation is 1. The lowest BCUT2D eigenvalue weighted by molar-refractivity contribution is 0.0932. The van der Waals surface area contributed by atoms with Gasteiger partial charge in [-0.25, -0.2) is 4.79 Å². The molecular weight excluding hydrogens is 290 g/mol. The van der Waals surface area contributed by atoms with Crippen LogP contribution in [0.3, 0.4) is 0 Å². The third-order valence-corrected chi connectivity index (χ3v) is 4.07. The van der Waals surface area contributed by atoms with E-state index in [2.05, 4.69) is 22.8 Å². The van der Waals surface area contributed by atoms with Gasteiger partial charge < -0.3 is 16.4 Å². The molecule has 2 aromatic rings. The third-order valence-electron chi connectivity index (χ3n) is 4.07. The Kier molecular flexibility index (Phi) is 4.28. The summed E-state index contributed by atoms with van der Waals surface area (Å²) in [7, 11) is 0. The number of benzene rings is 2. The predicted octanol–water partition coefficient (Wildman–Crippen LogP) is 2.98. The summed E-state index contributed by atoms with van der Waals surface area (Å²) in [6.45, 7) is 0. The molecule has 3 rings (SSSR count). The zero-order chi connectivity index (χ0) is 16.2. The molecule has 0 fully saturated rings. The molecule has 0 radical (unpaired) electrons. The molecule has 2 aromatic carbocycles. The molecule has 1 atom stereocenters. The summed E-state index contributed by atoms with van der Waals surface area (Å²) in [5.41, 5.74) is 8.60. The highest BCUT2D eigenvalue weighted by molar-refractivity contribution is 5.96. The summed E-state index contributed by atoms with van der Waals surface area (Å²) < 4.78 is 0. The van der Waals surface area contributed by atoms with Crippen LogP contribution >= 0.6 is 0 Å². The summed E-state index contributed by atoms with van der Waals surface area (Å²) in [6, 6.07) is 14.3. The minimum Gasteiger partial charge on any atom is -0.351 e. The van der Waals surface area contributed by atoms with E-state index >= 15 is 0 Å². The molecular formula is C18H19N3O2. The first kappa shape index (κ1) is 15.1. The van der Waals surface area contributed by atoms with E-state index in [9.17, 15) is 9.59 Å². The second-order valence-corrected chi connectivity index (χ2v) is 5.69. The topological polar surface area (TPSA) is 84.2 Å². The summed E-state index contributed by atoms with van der Waals surface area (Å²) in [5.74, 6) is -0.153. The number of nitrogens with one attached hydrogen (secondary N) is 2. The van der Waals surface area contributed by atoms with Gasteiger partial charge in [0.05, 0.1) is 6.04 Å². The van der Waals surface area contributed by atoms with Crippen LogP contribution in [0.4, 0.5) is 10.5 Å². The largest absolute Gasteiger partial charge is 0.351 e. The van der Waals surface area contributed by atoms with Crippen molar-refractivity contribution in [2.45, 2.75) is 25.3 Å². The van der Waals surface area contributed by atoms with E-state index in [-0.39, 0.29) is 11.9 Å². The zero-order valence-electron chi connectivity index (χ0n) is 12.7. The number of carbonyl (C=O) groups excluding carboxylic acids is 2. The van der Waals surface area contributed by atoms with Crippen molar-refractivity contribution in [3.05, 3.63) is 65.2 Å². The fourth-order valence-corrected chi connectivity index (χ4v) is 3.03. The Morgan fingerprint density at radius 2 is 1.91 bits per heavy atom. The molecule has 0 bridgehead atoms. The van der Waals surface area contributed by atoms with Gasteiger partial charge in [-0.05, 0) is 48.6 Å². The Bertz CT molecular complexity index is 743. The first-order valence-corrected chi connectivity index (χ1v) is 7.68. The van der Waals surface area contributed by atoms with Gasteiger partial charge in [-0.1, -0.05) is 30.3 Å². The number of amides is 3. The average molecular weight is 309 g/mol. The molecule has 5 heteroatoms. The molecule has 23 heavy (non-hydrogen) atoms. The molecule has 5 nitrogen and oxygen atoms in total.